The monoisotopic (exact) mass is 253 g/mol. The highest BCUT2D eigenvalue weighted by molar-refractivity contribution is 5.81. The van der Waals surface area contributed by atoms with Gasteiger partial charge in [0, 0.05) is 12.0 Å². The third-order valence-corrected chi connectivity index (χ3v) is 5.46. The van der Waals surface area contributed by atoms with Gasteiger partial charge in [0.15, 0.2) is 0 Å². The number of carboxylic acid groups (broad SMARTS) is 1. The molecule has 2 aliphatic rings. The van der Waals surface area contributed by atoms with Crippen LogP contribution in [0.5, 0.6) is 0 Å². The van der Waals surface area contributed by atoms with Crippen molar-refractivity contribution < 1.29 is 14.7 Å². The molecule has 2 atom stereocenters. The summed E-state index contributed by atoms with van der Waals surface area (Å²) in [6.45, 7) is 8.64. The molecule has 0 saturated heterocycles. The number of rotatable bonds is 3. The van der Waals surface area contributed by atoms with Gasteiger partial charge in [0.1, 0.15) is 0 Å². The highest BCUT2D eigenvalue weighted by Gasteiger charge is 2.65. The minimum atomic E-state index is -0.766. The molecule has 0 aromatic carbocycles. The normalized spacial score (nSPS) is 33.1. The van der Waals surface area contributed by atoms with Crippen LogP contribution in [0.1, 0.15) is 47.0 Å². The zero-order chi connectivity index (χ0) is 13.7. The van der Waals surface area contributed by atoms with Gasteiger partial charge in [0.2, 0.25) is 5.91 Å². The summed E-state index contributed by atoms with van der Waals surface area (Å²) in [5.74, 6) is -1.17. The summed E-state index contributed by atoms with van der Waals surface area (Å²) in [5, 5.41) is 12.0. The van der Waals surface area contributed by atoms with E-state index in [1.165, 1.54) is 0 Å². The average molecular weight is 253 g/mol. The molecule has 4 nitrogen and oxygen atoms in total. The van der Waals surface area contributed by atoms with E-state index in [-0.39, 0.29) is 34.6 Å². The van der Waals surface area contributed by atoms with Crippen LogP contribution in [0.3, 0.4) is 0 Å². The number of carbonyl (C=O) groups is 2. The Labute approximate surface area is 108 Å². The van der Waals surface area contributed by atoms with E-state index in [1.54, 1.807) is 0 Å². The molecule has 0 aromatic heterocycles. The van der Waals surface area contributed by atoms with Crippen LogP contribution in [-0.4, -0.2) is 23.0 Å². The first-order chi connectivity index (χ1) is 8.18. The summed E-state index contributed by atoms with van der Waals surface area (Å²) in [7, 11) is 0. The summed E-state index contributed by atoms with van der Waals surface area (Å²) in [6.07, 6.45) is 1.83. The molecule has 0 bridgehead atoms. The summed E-state index contributed by atoms with van der Waals surface area (Å²) in [5.41, 5.74) is 0.265. The number of carbonyl (C=O) groups excluding carboxylic acids is 1. The number of hydrogen-bond acceptors (Lipinski definition) is 2. The molecule has 0 aromatic rings. The lowest BCUT2D eigenvalue weighted by Crippen LogP contribution is -2.34. The molecule has 0 unspecified atom stereocenters. The van der Waals surface area contributed by atoms with E-state index in [9.17, 15) is 9.59 Å². The molecular weight excluding hydrogens is 230 g/mol. The van der Waals surface area contributed by atoms with Crippen molar-refractivity contribution in [3.8, 4) is 0 Å². The number of hydrogen-bond donors (Lipinski definition) is 2. The van der Waals surface area contributed by atoms with E-state index in [2.05, 4.69) is 33.0 Å². The zero-order valence-electron chi connectivity index (χ0n) is 11.6. The predicted molar refractivity (Wildman–Crippen MR) is 68.0 cm³/mol. The summed E-state index contributed by atoms with van der Waals surface area (Å²) in [6, 6.07) is 0.210. The zero-order valence-corrected chi connectivity index (χ0v) is 11.6. The fourth-order valence-corrected chi connectivity index (χ4v) is 3.26. The Morgan fingerprint density at radius 3 is 1.94 bits per heavy atom. The fourth-order valence-electron chi connectivity index (χ4n) is 3.26. The summed E-state index contributed by atoms with van der Waals surface area (Å²) < 4.78 is 0. The van der Waals surface area contributed by atoms with Gasteiger partial charge in [-0.25, -0.2) is 0 Å². The van der Waals surface area contributed by atoms with Gasteiger partial charge in [-0.15, -0.1) is 0 Å². The van der Waals surface area contributed by atoms with Crippen molar-refractivity contribution >= 4 is 11.9 Å². The van der Waals surface area contributed by atoms with Crippen LogP contribution in [0.4, 0.5) is 0 Å². The molecule has 4 heteroatoms. The van der Waals surface area contributed by atoms with Crippen LogP contribution < -0.4 is 5.32 Å². The van der Waals surface area contributed by atoms with Gasteiger partial charge >= 0.3 is 5.97 Å². The van der Waals surface area contributed by atoms with Crippen molar-refractivity contribution in [2.75, 3.05) is 0 Å². The third kappa shape index (κ3) is 1.91. The van der Waals surface area contributed by atoms with E-state index in [1.807, 2.05) is 0 Å². The van der Waals surface area contributed by atoms with Crippen LogP contribution in [0, 0.1) is 22.7 Å². The molecule has 2 fully saturated rings. The van der Waals surface area contributed by atoms with E-state index >= 15 is 0 Å². The molecule has 2 saturated carbocycles. The average Bonchev–Trinajstić information content (AvgIpc) is 2.68. The molecule has 102 valence electrons. The van der Waals surface area contributed by atoms with Crippen LogP contribution in [-0.2, 0) is 9.59 Å². The van der Waals surface area contributed by atoms with Crippen molar-refractivity contribution in [1.82, 2.24) is 5.32 Å². The fraction of sp³-hybridized carbons (Fsp3) is 0.857. The standard InChI is InChI=1S/C14H23NO3/c1-13(2)12(14(13,3)4)15-10(16)8-5-6-9(7-8)11(17)18/h8-9,12H,5-7H2,1-4H3,(H,15,16)(H,17,18)/t8-,9+/m1/s1. The smallest absolute Gasteiger partial charge is 0.306 e. The van der Waals surface area contributed by atoms with Gasteiger partial charge in [-0.1, -0.05) is 27.7 Å². The van der Waals surface area contributed by atoms with Gasteiger partial charge < -0.3 is 10.4 Å². The van der Waals surface area contributed by atoms with Gasteiger partial charge in [0.05, 0.1) is 5.92 Å². The summed E-state index contributed by atoms with van der Waals surface area (Å²) in [4.78, 5) is 23.0. The van der Waals surface area contributed by atoms with Crippen molar-refractivity contribution in [2.24, 2.45) is 22.7 Å². The molecule has 2 rings (SSSR count). The van der Waals surface area contributed by atoms with Crippen LogP contribution in [0.25, 0.3) is 0 Å². The largest absolute Gasteiger partial charge is 0.481 e. The molecule has 2 aliphatic carbocycles. The maximum atomic E-state index is 12.1. The van der Waals surface area contributed by atoms with Crippen molar-refractivity contribution in [3.05, 3.63) is 0 Å². The lowest BCUT2D eigenvalue weighted by Gasteiger charge is -2.12. The van der Waals surface area contributed by atoms with Gasteiger partial charge in [0.25, 0.3) is 0 Å². The number of aliphatic carboxylic acids is 1. The molecule has 1 amide bonds. The van der Waals surface area contributed by atoms with E-state index in [0.717, 1.165) is 0 Å². The SMILES string of the molecule is CC1(C)C(NC(=O)[C@@H]2CC[C@H](C(=O)O)C2)C1(C)C. The molecule has 0 radical (unpaired) electrons. The molecule has 18 heavy (non-hydrogen) atoms. The lowest BCUT2D eigenvalue weighted by atomic mass is 10.0. The number of carboxylic acids is 1. The Morgan fingerprint density at radius 1 is 1.06 bits per heavy atom. The Morgan fingerprint density at radius 2 is 1.56 bits per heavy atom. The first kappa shape index (κ1) is 13.4. The van der Waals surface area contributed by atoms with Gasteiger partial charge in [-0.05, 0) is 30.1 Å². The van der Waals surface area contributed by atoms with Crippen molar-refractivity contribution in [3.63, 3.8) is 0 Å². The molecule has 2 N–H and O–H groups in total. The maximum Gasteiger partial charge on any atom is 0.306 e. The second kappa shape index (κ2) is 3.97. The van der Waals surface area contributed by atoms with Crippen molar-refractivity contribution in [2.45, 2.75) is 53.0 Å². The van der Waals surface area contributed by atoms with Crippen molar-refractivity contribution in [1.29, 1.82) is 0 Å². The minimum absolute atomic E-state index is 0.0439. The number of amides is 1. The first-order valence-corrected chi connectivity index (χ1v) is 6.71. The maximum absolute atomic E-state index is 12.1. The third-order valence-electron chi connectivity index (χ3n) is 5.46. The molecule has 0 heterocycles. The van der Waals surface area contributed by atoms with E-state index in [0.29, 0.717) is 19.3 Å². The molecular formula is C14H23NO3. The van der Waals surface area contributed by atoms with Crippen LogP contribution in [0.2, 0.25) is 0 Å². The predicted octanol–water partition coefficient (Wildman–Crippen LogP) is 2.04. The first-order valence-electron chi connectivity index (χ1n) is 6.71. The highest BCUT2D eigenvalue weighted by Crippen LogP contribution is 2.62. The Balaban J connectivity index is 1.90. The van der Waals surface area contributed by atoms with Crippen LogP contribution in [0.15, 0.2) is 0 Å². The van der Waals surface area contributed by atoms with Crippen LogP contribution >= 0.6 is 0 Å². The Kier molecular flexibility index (Phi) is 2.95. The quantitative estimate of drug-likeness (QED) is 0.809. The second-order valence-electron chi connectivity index (χ2n) is 6.93. The summed E-state index contributed by atoms with van der Waals surface area (Å²) >= 11 is 0. The molecule has 0 aliphatic heterocycles. The molecule has 0 spiro atoms. The minimum Gasteiger partial charge on any atom is -0.481 e. The van der Waals surface area contributed by atoms with Gasteiger partial charge in [-0.2, -0.15) is 0 Å². The topological polar surface area (TPSA) is 66.4 Å². The van der Waals surface area contributed by atoms with E-state index < -0.39 is 5.97 Å². The van der Waals surface area contributed by atoms with Gasteiger partial charge in [-0.3, -0.25) is 9.59 Å². The number of nitrogens with one attached hydrogen (secondary N) is 1. The second-order valence-corrected chi connectivity index (χ2v) is 6.93. The Bertz CT molecular complexity index is 373. The lowest BCUT2D eigenvalue weighted by molar-refractivity contribution is -0.141. The highest BCUT2D eigenvalue weighted by atomic mass is 16.4. The Hall–Kier alpha value is -1.06. The van der Waals surface area contributed by atoms with E-state index in [4.69, 9.17) is 5.11 Å².